The average Bonchev–Trinajstić information content (AvgIpc) is 3.16. The minimum atomic E-state index is -0.501. The molecule has 0 radical (unpaired) electrons. The molecule has 8 heteroatoms. The van der Waals surface area contributed by atoms with Crippen LogP contribution < -0.4 is 4.74 Å². The molecular weight excluding hydrogens is 503 g/mol. The van der Waals surface area contributed by atoms with E-state index in [-0.39, 0.29) is 18.1 Å². The molecule has 0 fully saturated rings. The maximum atomic E-state index is 11.6. The van der Waals surface area contributed by atoms with Crippen molar-refractivity contribution in [1.82, 2.24) is 4.98 Å². The summed E-state index contributed by atoms with van der Waals surface area (Å²) in [7, 11) is 0. The highest BCUT2D eigenvalue weighted by Gasteiger charge is 2.27. The number of halogens is 3. The number of ether oxygens (including phenoxy) is 1. The molecule has 0 aliphatic carbocycles. The first-order valence-electron chi connectivity index (χ1n) is 9.46. The monoisotopic (exact) mass is 518 g/mol. The summed E-state index contributed by atoms with van der Waals surface area (Å²) in [6.07, 6.45) is 1.83. The molecule has 1 atom stereocenters. The highest BCUT2D eigenvalue weighted by atomic mass is 79.9. The molecule has 0 amide bonds. The topological polar surface area (TPSA) is 68.2 Å². The fourth-order valence-corrected chi connectivity index (χ4v) is 4.45. The minimum absolute atomic E-state index is 0.212. The largest absolute Gasteiger partial charge is 0.489 e. The van der Waals surface area contributed by atoms with Crippen LogP contribution in [0.1, 0.15) is 22.6 Å². The first-order chi connectivity index (χ1) is 14.9. The standard InChI is InChI=1S/C23H17BrCl2N2O3/c24-15-6-8-23(31-13-14-5-7-16(25)10-21(14)26)18(9-15)20(12-28(29)30)19-11-27-22-4-2-1-3-17(19)22/h1-11,20,27H,12-13H2/t20-/m1/s1. The van der Waals surface area contributed by atoms with Crippen LogP contribution in [0, 0.1) is 10.1 Å². The lowest BCUT2D eigenvalue weighted by molar-refractivity contribution is -0.481. The van der Waals surface area contributed by atoms with Gasteiger partial charge in [0.25, 0.3) is 0 Å². The van der Waals surface area contributed by atoms with E-state index in [9.17, 15) is 10.1 Å². The number of benzene rings is 3. The molecule has 0 bridgehead atoms. The summed E-state index contributed by atoms with van der Waals surface area (Å²) in [5.74, 6) is 0.0608. The predicted molar refractivity (Wildman–Crippen MR) is 127 cm³/mol. The fourth-order valence-electron chi connectivity index (χ4n) is 3.61. The summed E-state index contributed by atoms with van der Waals surface area (Å²) in [4.78, 5) is 14.5. The first kappa shape index (κ1) is 21.7. The van der Waals surface area contributed by atoms with Crippen LogP contribution >= 0.6 is 39.1 Å². The van der Waals surface area contributed by atoms with Gasteiger partial charge in [0.05, 0.1) is 5.92 Å². The number of para-hydroxylation sites is 1. The number of fused-ring (bicyclic) bond motifs is 1. The summed E-state index contributed by atoms with van der Waals surface area (Å²) in [6.45, 7) is -0.0555. The van der Waals surface area contributed by atoms with E-state index in [1.165, 1.54) is 0 Å². The van der Waals surface area contributed by atoms with Crippen molar-refractivity contribution in [1.29, 1.82) is 0 Å². The van der Waals surface area contributed by atoms with Crippen molar-refractivity contribution in [3.8, 4) is 5.75 Å². The van der Waals surface area contributed by atoms with Crippen molar-refractivity contribution < 1.29 is 9.66 Å². The third-order valence-electron chi connectivity index (χ3n) is 5.07. The average molecular weight is 520 g/mol. The second kappa shape index (κ2) is 9.30. The number of rotatable bonds is 7. The number of nitrogens with one attached hydrogen (secondary N) is 1. The molecule has 0 saturated carbocycles. The Kier molecular flexibility index (Phi) is 6.51. The van der Waals surface area contributed by atoms with Crippen LogP contribution in [0.25, 0.3) is 10.9 Å². The third-order valence-corrected chi connectivity index (χ3v) is 6.15. The van der Waals surface area contributed by atoms with Crippen LogP contribution in [-0.2, 0) is 6.61 Å². The Morgan fingerprint density at radius 2 is 1.87 bits per heavy atom. The molecule has 1 N–H and O–H groups in total. The molecule has 4 rings (SSSR count). The van der Waals surface area contributed by atoms with Gasteiger partial charge >= 0.3 is 0 Å². The Morgan fingerprint density at radius 1 is 1.06 bits per heavy atom. The van der Waals surface area contributed by atoms with Crippen LogP contribution in [0.15, 0.2) is 71.3 Å². The number of nitrogens with zero attached hydrogens (tertiary/aromatic N) is 1. The second-order valence-corrected chi connectivity index (χ2v) is 8.82. The van der Waals surface area contributed by atoms with Crippen molar-refractivity contribution in [2.45, 2.75) is 12.5 Å². The Labute approximate surface area is 197 Å². The van der Waals surface area contributed by atoms with Gasteiger partial charge in [-0.1, -0.05) is 63.4 Å². The first-order valence-corrected chi connectivity index (χ1v) is 11.0. The molecular formula is C23H17BrCl2N2O3. The van der Waals surface area contributed by atoms with Crippen LogP contribution in [0.3, 0.4) is 0 Å². The SMILES string of the molecule is O=[N+]([O-])C[C@H](c1cc(Br)ccc1OCc1ccc(Cl)cc1Cl)c1c[nH]c2ccccc12. The van der Waals surface area contributed by atoms with E-state index >= 15 is 0 Å². The zero-order valence-corrected chi connectivity index (χ0v) is 19.2. The van der Waals surface area contributed by atoms with Gasteiger partial charge in [-0.2, -0.15) is 0 Å². The van der Waals surface area contributed by atoms with E-state index < -0.39 is 5.92 Å². The van der Waals surface area contributed by atoms with Gasteiger partial charge in [0.2, 0.25) is 6.54 Å². The molecule has 0 aliphatic rings. The Balaban J connectivity index is 1.74. The van der Waals surface area contributed by atoms with E-state index in [0.717, 1.165) is 32.1 Å². The van der Waals surface area contributed by atoms with Crippen molar-refractivity contribution >= 4 is 50.0 Å². The Bertz CT molecular complexity index is 1260. The van der Waals surface area contributed by atoms with Crippen molar-refractivity contribution in [3.63, 3.8) is 0 Å². The molecule has 1 heterocycles. The maximum Gasteiger partial charge on any atom is 0.214 e. The van der Waals surface area contributed by atoms with Gasteiger partial charge in [0.1, 0.15) is 12.4 Å². The van der Waals surface area contributed by atoms with Crippen LogP contribution in [0.4, 0.5) is 0 Å². The van der Waals surface area contributed by atoms with Gasteiger partial charge in [-0.3, -0.25) is 10.1 Å². The Morgan fingerprint density at radius 3 is 2.65 bits per heavy atom. The Hall–Kier alpha value is -2.54. The fraction of sp³-hybridized carbons (Fsp3) is 0.130. The van der Waals surface area contributed by atoms with Gasteiger partial charge in [-0.05, 0) is 42.0 Å². The van der Waals surface area contributed by atoms with Crippen LogP contribution in [-0.4, -0.2) is 16.5 Å². The smallest absolute Gasteiger partial charge is 0.214 e. The lowest BCUT2D eigenvalue weighted by Crippen LogP contribution is -2.15. The van der Waals surface area contributed by atoms with Crippen LogP contribution in [0.5, 0.6) is 5.75 Å². The summed E-state index contributed by atoms with van der Waals surface area (Å²) in [6, 6.07) is 18.5. The van der Waals surface area contributed by atoms with Gasteiger partial charge < -0.3 is 9.72 Å². The second-order valence-electron chi connectivity index (χ2n) is 7.06. The van der Waals surface area contributed by atoms with Crippen LogP contribution in [0.2, 0.25) is 10.0 Å². The van der Waals surface area contributed by atoms with Crippen molar-refractivity contribution in [3.05, 3.63) is 108 Å². The summed E-state index contributed by atoms with van der Waals surface area (Å²) < 4.78 is 6.90. The number of nitro groups is 1. The zero-order valence-electron chi connectivity index (χ0n) is 16.1. The molecule has 1 aromatic heterocycles. The lowest BCUT2D eigenvalue weighted by atomic mass is 9.90. The molecule has 3 aromatic carbocycles. The number of aromatic amines is 1. The van der Waals surface area contributed by atoms with Crippen molar-refractivity contribution in [2.75, 3.05) is 6.54 Å². The molecule has 4 aromatic rings. The van der Waals surface area contributed by atoms with Gasteiger partial charge in [-0.25, -0.2) is 0 Å². The lowest BCUT2D eigenvalue weighted by Gasteiger charge is -2.19. The molecule has 158 valence electrons. The normalized spacial score (nSPS) is 12.1. The van der Waals surface area contributed by atoms with E-state index in [2.05, 4.69) is 20.9 Å². The minimum Gasteiger partial charge on any atom is -0.489 e. The molecule has 0 saturated heterocycles. The highest BCUT2D eigenvalue weighted by molar-refractivity contribution is 9.10. The third kappa shape index (κ3) is 4.87. The quantitative estimate of drug-likeness (QED) is 0.207. The van der Waals surface area contributed by atoms with E-state index in [1.807, 2.05) is 48.7 Å². The maximum absolute atomic E-state index is 11.6. The van der Waals surface area contributed by atoms with Gasteiger partial charge in [0.15, 0.2) is 0 Å². The summed E-state index contributed by atoms with van der Waals surface area (Å²) in [5, 5.41) is 13.6. The molecule has 5 nitrogen and oxygen atoms in total. The van der Waals surface area contributed by atoms with Crippen molar-refractivity contribution in [2.24, 2.45) is 0 Å². The number of H-pyrrole nitrogens is 1. The zero-order chi connectivity index (χ0) is 22.0. The molecule has 0 aliphatic heterocycles. The number of hydrogen-bond acceptors (Lipinski definition) is 3. The van der Waals surface area contributed by atoms with Gasteiger partial charge in [0, 0.05) is 47.7 Å². The summed E-state index contributed by atoms with van der Waals surface area (Å²) in [5.41, 5.74) is 3.27. The highest BCUT2D eigenvalue weighted by Crippen LogP contribution is 2.38. The van der Waals surface area contributed by atoms with Gasteiger partial charge in [-0.15, -0.1) is 0 Å². The molecule has 0 spiro atoms. The molecule has 0 unspecified atom stereocenters. The predicted octanol–water partition coefficient (Wildman–Crippen LogP) is 7.22. The van der Waals surface area contributed by atoms with E-state index in [0.29, 0.717) is 15.8 Å². The van der Waals surface area contributed by atoms with E-state index in [1.54, 1.807) is 18.2 Å². The van der Waals surface area contributed by atoms with E-state index in [4.69, 9.17) is 27.9 Å². The summed E-state index contributed by atoms with van der Waals surface area (Å²) >= 11 is 15.7. The molecule has 31 heavy (non-hydrogen) atoms. The number of hydrogen-bond donors (Lipinski definition) is 1. The number of aromatic nitrogens is 1.